The molecule has 0 aromatic carbocycles. The SMILES string of the molecule is COCCSC[C@@H](C)N. The molecule has 3 heteroatoms. The van der Waals surface area contributed by atoms with Gasteiger partial charge in [0.15, 0.2) is 0 Å². The van der Waals surface area contributed by atoms with Crippen molar-refractivity contribution in [3.8, 4) is 0 Å². The summed E-state index contributed by atoms with van der Waals surface area (Å²) in [7, 11) is 1.71. The van der Waals surface area contributed by atoms with E-state index in [1.165, 1.54) is 0 Å². The predicted octanol–water partition coefficient (Wildman–Crippen LogP) is 0.713. The van der Waals surface area contributed by atoms with Crippen molar-refractivity contribution < 1.29 is 4.74 Å². The molecule has 0 rings (SSSR count). The smallest absolute Gasteiger partial charge is 0.0552 e. The van der Waals surface area contributed by atoms with E-state index in [0.29, 0.717) is 6.04 Å². The molecule has 0 aliphatic rings. The molecule has 0 saturated heterocycles. The first-order valence-electron chi connectivity index (χ1n) is 3.09. The Hall–Kier alpha value is 0.270. The number of hydrogen-bond acceptors (Lipinski definition) is 3. The zero-order valence-corrected chi connectivity index (χ0v) is 6.91. The number of ether oxygens (including phenoxy) is 1. The third-order valence-electron chi connectivity index (χ3n) is 0.813. The lowest BCUT2D eigenvalue weighted by Gasteiger charge is -2.02. The van der Waals surface area contributed by atoms with Crippen LogP contribution in [0.1, 0.15) is 6.92 Å². The summed E-state index contributed by atoms with van der Waals surface area (Å²) in [6, 6.07) is 0.312. The summed E-state index contributed by atoms with van der Waals surface area (Å²) in [5, 5.41) is 0. The molecule has 0 fully saturated rings. The quantitative estimate of drug-likeness (QED) is 0.585. The van der Waals surface area contributed by atoms with Gasteiger partial charge in [0.25, 0.3) is 0 Å². The highest BCUT2D eigenvalue weighted by atomic mass is 32.2. The Bertz CT molecular complexity index is 59.0. The van der Waals surface area contributed by atoms with Gasteiger partial charge in [-0.05, 0) is 6.92 Å². The number of methoxy groups -OCH3 is 1. The van der Waals surface area contributed by atoms with Gasteiger partial charge in [-0.15, -0.1) is 0 Å². The number of rotatable bonds is 5. The van der Waals surface area contributed by atoms with E-state index in [4.69, 9.17) is 10.5 Å². The highest BCUT2D eigenvalue weighted by Gasteiger charge is 1.92. The van der Waals surface area contributed by atoms with Crippen molar-refractivity contribution in [1.82, 2.24) is 0 Å². The highest BCUT2D eigenvalue weighted by Crippen LogP contribution is 1.99. The van der Waals surface area contributed by atoms with Crippen molar-refractivity contribution in [1.29, 1.82) is 0 Å². The van der Waals surface area contributed by atoms with E-state index in [1.807, 2.05) is 18.7 Å². The van der Waals surface area contributed by atoms with Crippen LogP contribution in [0, 0.1) is 0 Å². The molecule has 0 spiro atoms. The maximum atomic E-state index is 5.51. The minimum Gasteiger partial charge on any atom is -0.384 e. The van der Waals surface area contributed by atoms with Crippen molar-refractivity contribution in [2.45, 2.75) is 13.0 Å². The van der Waals surface area contributed by atoms with Crippen LogP contribution in [0.2, 0.25) is 0 Å². The van der Waals surface area contributed by atoms with Crippen LogP contribution in [0.3, 0.4) is 0 Å². The maximum absolute atomic E-state index is 5.51. The van der Waals surface area contributed by atoms with E-state index in [0.717, 1.165) is 18.1 Å². The van der Waals surface area contributed by atoms with Gasteiger partial charge in [0.1, 0.15) is 0 Å². The van der Waals surface area contributed by atoms with Gasteiger partial charge in [-0.3, -0.25) is 0 Å². The lowest BCUT2D eigenvalue weighted by Crippen LogP contribution is -2.18. The maximum Gasteiger partial charge on any atom is 0.0552 e. The van der Waals surface area contributed by atoms with Crippen LogP contribution in [0.5, 0.6) is 0 Å². The average Bonchev–Trinajstić information content (AvgIpc) is 1.80. The van der Waals surface area contributed by atoms with Crippen molar-refractivity contribution in [2.75, 3.05) is 25.2 Å². The first-order chi connectivity index (χ1) is 4.27. The molecule has 0 aromatic heterocycles. The number of hydrogen-bond donors (Lipinski definition) is 1. The highest BCUT2D eigenvalue weighted by molar-refractivity contribution is 7.99. The second kappa shape index (κ2) is 6.39. The molecule has 0 heterocycles. The molecule has 56 valence electrons. The monoisotopic (exact) mass is 149 g/mol. The Balaban J connectivity index is 2.75. The summed E-state index contributed by atoms with van der Waals surface area (Å²) in [5.41, 5.74) is 5.51. The Labute approximate surface area is 61.1 Å². The summed E-state index contributed by atoms with van der Waals surface area (Å²) in [5.74, 6) is 2.08. The van der Waals surface area contributed by atoms with Crippen LogP contribution in [0.15, 0.2) is 0 Å². The van der Waals surface area contributed by atoms with Crippen LogP contribution in [-0.4, -0.2) is 31.3 Å². The molecule has 0 amide bonds. The first-order valence-corrected chi connectivity index (χ1v) is 4.25. The van der Waals surface area contributed by atoms with Gasteiger partial charge in [0.05, 0.1) is 6.61 Å². The molecule has 0 radical (unpaired) electrons. The largest absolute Gasteiger partial charge is 0.384 e. The van der Waals surface area contributed by atoms with Gasteiger partial charge >= 0.3 is 0 Å². The van der Waals surface area contributed by atoms with Crippen molar-refractivity contribution in [3.05, 3.63) is 0 Å². The summed E-state index contributed by atoms with van der Waals surface area (Å²) < 4.78 is 4.86. The molecule has 2 N–H and O–H groups in total. The second-order valence-electron chi connectivity index (χ2n) is 2.04. The van der Waals surface area contributed by atoms with E-state index in [9.17, 15) is 0 Å². The molecule has 9 heavy (non-hydrogen) atoms. The Kier molecular flexibility index (Phi) is 6.58. The lowest BCUT2D eigenvalue weighted by atomic mass is 10.4. The van der Waals surface area contributed by atoms with Gasteiger partial charge in [0, 0.05) is 24.7 Å². The molecule has 0 unspecified atom stereocenters. The second-order valence-corrected chi connectivity index (χ2v) is 3.19. The van der Waals surface area contributed by atoms with Crippen LogP contribution in [0.4, 0.5) is 0 Å². The Morgan fingerprint density at radius 2 is 2.33 bits per heavy atom. The molecular weight excluding hydrogens is 134 g/mol. The van der Waals surface area contributed by atoms with Crippen molar-refractivity contribution in [3.63, 3.8) is 0 Å². The molecule has 1 atom stereocenters. The molecule has 2 nitrogen and oxygen atoms in total. The van der Waals surface area contributed by atoms with Crippen molar-refractivity contribution >= 4 is 11.8 Å². The fourth-order valence-electron chi connectivity index (χ4n) is 0.411. The molecule has 0 aliphatic carbocycles. The van der Waals surface area contributed by atoms with Crippen LogP contribution >= 0.6 is 11.8 Å². The van der Waals surface area contributed by atoms with Gasteiger partial charge in [-0.25, -0.2) is 0 Å². The van der Waals surface area contributed by atoms with E-state index >= 15 is 0 Å². The van der Waals surface area contributed by atoms with E-state index < -0.39 is 0 Å². The zero-order chi connectivity index (χ0) is 7.11. The standard InChI is InChI=1S/C6H15NOS/c1-6(7)5-9-4-3-8-2/h6H,3-5,7H2,1-2H3/t6-/m1/s1. The Morgan fingerprint density at radius 1 is 1.67 bits per heavy atom. The number of thioether (sulfide) groups is 1. The van der Waals surface area contributed by atoms with E-state index in [1.54, 1.807) is 7.11 Å². The summed E-state index contributed by atoms with van der Waals surface area (Å²) >= 11 is 1.84. The number of nitrogens with two attached hydrogens (primary N) is 1. The third kappa shape index (κ3) is 8.27. The Morgan fingerprint density at radius 3 is 2.78 bits per heavy atom. The zero-order valence-electron chi connectivity index (χ0n) is 6.09. The van der Waals surface area contributed by atoms with Crippen LogP contribution in [0.25, 0.3) is 0 Å². The molecule has 0 saturated carbocycles. The minimum absolute atomic E-state index is 0.312. The van der Waals surface area contributed by atoms with Gasteiger partial charge in [0.2, 0.25) is 0 Å². The molecule has 0 aliphatic heterocycles. The van der Waals surface area contributed by atoms with Gasteiger partial charge in [-0.1, -0.05) is 0 Å². The van der Waals surface area contributed by atoms with E-state index in [2.05, 4.69) is 0 Å². The van der Waals surface area contributed by atoms with Crippen molar-refractivity contribution in [2.24, 2.45) is 5.73 Å². The van der Waals surface area contributed by atoms with Crippen LogP contribution < -0.4 is 5.73 Å². The van der Waals surface area contributed by atoms with Gasteiger partial charge in [-0.2, -0.15) is 11.8 Å². The van der Waals surface area contributed by atoms with Crippen LogP contribution in [-0.2, 0) is 4.74 Å². The first kappa shape index (κ1) is 9.27. The predicted molar refractivity (Wildman–Crippen MR) is 42.9 cm³/mol. The normalized spacial score (nSPS) is 13.7. The topological polar surface area (TPSA) is 35.2 Å². The summed E-state index contributed by atoms with van der Waals surface area (Å²) in [4.78, 5) is 0. The van der Waals surface area contributed by atoms with E-state index in [-0.39, 0.29) is 0 Å². The molecule has 0 bridgehead atoms. The fourth-order valence-corrected chi connectivity index (χ4v) is 1.23. The van der Waals surface area contributed by atoms with Gasteiger partial charge < -0.3 is 10.5 Å². The minimum atomic E-state index is 0.312. The summed E-state index contributed by atoms with van der Waals surface area (Å²) in [6.07, 6.45) is 0. The fraction of sp³-hybridized carbons (Fsp3) is 1.00. The lowest BCUT2D eigenvalue weighted by molar-refractivity contribution is 0.218. The molecular formula is C6H15NOS. The summed E-state index contributed by atoms with van der Waals surface area (Å²) in [6.45, 7) is 2.84. The molecule has 0 aromatic rings. The third-order valence-corrected chi connectivity index (χ3v) is 2.03. The average molecular weight is 149 g/mol.